The van der Waals surface area contributed by atoms with Crippen molar-refractivity contribution in [1.29, 1.82) is 0 Å². The molecule has 1 aliphatic heterocycles. The Labute approximate surface area is 158 Å². The molecule has 2 unspecified atom stereocenters. The number of likely N-dealkylation sites (tertiary alicyclic amines) is 1. The van der Waals surface area contributed by atoms with Crippen LogP contribution >= 0.6 is 24.0 Å². The predicted molar refractivity (Wildman–Crippen MR) is 108 cm³/mol. The van der Waals surface area contributed by atoms with Gasteiger partial charge in [0.2, 0.25) is 0 Å². The molecule has 136 valence electrons. The van der Waals surface area contributed by atoms with Gasteiger partial charge in [0.1, 0.15) is 0 Å². The van der Waals surface area contributed by atoms with Gasteiger partial charge in [-0.15, -0.1) is 24.0 Å². The summed E-state index contributed by atoms with van der Waals surface area (Å²) in [6.07, 6.45) is 4.02. The fraction of sp³-hybridized carbons (Fsp3) is 0.941. The first kappa shape index (κ1) is 21.0. The molecule has 1 aliphatic carbocycles. The van der Waals surface area contributed by atoms with Gasteiger partial charge in [-0.1, -0.05) is 19.8 Å². The van der Waals surface area contributed by atoms with E-state index in [1.165, 1.54) is 0 Å². The third kappa shape index (κ3) is 6.05. The fourth-order valence-electron chi connectivity index (χ4n) is 3.53. The zero-order valence-electron chi connectivity index (χ0n) is 15.1. The maximum atomic E-state index is 10.5. The number of nitrogens with one attached hydrogen (secondary N) is 2. The number of nitrogens with zero attached hydrogens (tertiary/aromatic N) is 2. The molecule has 0 bridgehead atoms. The quantitative estimate of drug-likeness (QED) is 0.350. The molecule has 3 N–H and O–H groups in total. The van der Waals surface area contributed by atoms with Crippen molar-refractivity contribution in [2.75, 3.05) is 26.2 Å². The van der Waals surface area contributed by atoms with Gasteiger partial charge in [-0.25, -0.2) is 0 Å². The van der Waals surface area contributed by atoms with E-state index in [0.29, 0.717) is 24.5 Å². The molecular formula is C17H35IN4O. The Morgan fingerprint density at radius 3 is 2.48 bits per heavy atom. The Morgan fingerprint density at radius 1 is 1.30 bits per heavy atom. The van der Waals surface area contributed by atoms with E-state index in [0.717, 1.165) is 51.3 Å². The van der Waals surface area contributed by atoms with Gasteiger partial charge < -0.3 is 15.7 Å². The van der Waals surface area contributed by atoms with Gasteiger partial charge in [0, 0.05) is 31.7 Å². The molecule has 0 amide bonds. The van der Waals surface area contributed by atoms with Crippen molar-refractivity contribution >= 4 is 29.9 Å². The number of hydrogen-bond donors (Lipinski definition) is 3. The van der Waals surface area contributed by atoms with Gasteiger partial charge in [0.15, 0.2) is 5.96 Å². The van der Waals surface area contributed by atoms with E-state index in [9.17, 15) is 5.11 Å². The molecule has 1 saturated carbocycles. The summed E-state index contributed by atoms with van der Waals surface area (Å²) >= 11 is 0. The number of halogens is 1. The molecule has 1 saturated heterocycles. The Balaban J connectivity index is 0.00000264. The summed E-state index contributed by atoms with van der Waals surface area (Å²) in [5.74, 6) is 1.46. The SMILES string of the molecule is CCNC(=NCC1(O)CCCC1)NC1CN(C(C)C)CC1C.I. The number of guanidine groups is 1. The fourth-order valence-corrected chi connectivity index (χ4v) is 3.53. The molecule has 0 aromatic rings. The number of aliphatic hydroxyl groups is 1. The molecule has 2 fully saturated rings. The molecule has 23 heavy (non-hydrogen) atoms. The highest BCUT2D eigenvalue weighted by Gasteiger charge is 2.33. The van der Waals surface area contributed by atoms with Crippen LogP contribution in [0.15, 0.2) is 4.99 Å². The largest absolute Gasteiger partial charge is 0.388 e. The average Bonchev–Trinajstić information content (AvgIpc) is 3.04. The van der Waals surface area contributed by atoms with Crippen LogP contribution in [0.3, 0.4) is 0 Å². The lowest BCUT2D eigenvalue weighted by Gasteiger charge is -2.24. The van der Waals surface area contributed by atoms with Crippen LogP contribution in [-0.4, -0.2) is 59.8 Å². The second kappa shape index (κ2) is 9.42. The summed E-state index contributed by atoms with van der Waals surface area (Å²) in [5, 5.41) is 17.4. The monoisotopic (exact) mass is 438 g/mol. The lowest BCUT2D eigenvalue weighted by molar-refractivity contribution is 0.0574. The van der Waals surface area contributed by atoms with E-state index in [2.05, 4.69) is 48.2 Å². The molecule has 2 atom stereocenters. The Morgan fingerprint density at radius 2 is 1.96 bits per heavy atom. The van der Waals surface area contributed by atoms with Crippen molar-refractivity contribution in [3.05, 3.63) is 0 Å². The molecular weight excluding hydrogens is 403 g/mol. The van der Waals surface area contributed by atoms with Gasteiger partial charge in [0.05, 0.1) is 12.1 Å². The summed E-state index contributed by atoms with van der Waals surface area (Å²) < 4.78 is 0. The van der Waals surface area contributed by atoms with Crippen LogP contribution in [0.2, 0.25) is 0 Å². The molecule has 5 nitrogen and oxygen atoms in total. The molecule has 0 spiro atoms. The summed E-state index contributed by atoms with van der Waals surface area (Å²) in [6.45, 7) is 12.4. The van der Waals surface area contributed by atoms with Crippen LogP contribution < -0.4 is 10.6 Å². The second-order valence-corrected chi connectivity index (χ2v) is 7.40. The first-order chi connectivity index (χ1) is 10.4. The van der Waals surface area contributed by atoms with Crippen LogP contribution in [0.25, 0.3) is 0 Å². The first-order valence-electron chi connectivity index (χ1n) is 8.95. The second-order valence-electron chi connectivity index (χ2n) is 7.40. The summed E-state index contributed by atoms with van der Waals surface area (Å²) in [6, 6.07) is 1.02. The van der Waals surface area contributed by atoms with Crippen molar-refractivity contribution in [3.63, 3.8) is 0 Å². The molecule has 1 heterocycles. The van der Waals surface area contributed by atoms with Crippen LogP contribution in [0.1, 0.15) is 53.4 Å². The van der Waals surface area contributed by atoms with Crippen LogP contribution in [0.5, 0.6) is 0 Å². The van der Waals surface area contributed by atoms with Gasteiger partial charge in [-0.2, -0.15) is 0 Å². The molecule has 0 aromatic carbocycles. The van der Waals surface area contributed by atoms with Crippen molar-refractivity contribution < 1.29 is 5.11 Å². The predicted octanol–water partition coefficient (Wildman–Crippen LogP) is 2.19. The lowest BCUT2D eigenvalue weighted by atomic mass is 10.0. The number of rotatable bonds is 5. The van der Waals surface area contributed by atoms with Gasteiger partial charge >= 0.3 is 0 Å². The maximum absolute atomic E-state index is 10.5. The Kier molecular flexibility index (Phi) is 8.58. The van der Waals surface area contributed by atoms with E-state index in [-0.39, 0.29) is 24.0 Å². The van der Waals surface area contributed by atoms with Crippen molar-refractivity contribution in [2.45, 2.75) is 71.1 Å². The van der Waals surface area contributed by atoms with Crippen molar-refractivity contribution in [2.24, 2.45) is 10.9 Å². The Hall–Kier alpha value is -0.0800. The highest BCUT2D eigenvalue weighted by Crippen LogP contribution is 2.29. The molecule has 0 aromatic heterocycles. The van der Waals surface area contributed by atoms with Crippen LogP contribution in [-0.2, 0) is 0 Å². The van der Waals surface area contributed by atoms with Gasteiger partial charge in [-0.05, 0) is 39.5 Å². The summed E-state index contributed by atoms with van der Waals surface area (Å²) in [5.41, 5.74) is -0.576. The summed E-state index contributed by atoms with van der Waals surface area (Å²) in [4.78, 5) is 7.17. The number of hydrogen-bond acceptors (Lipinski definition) is 3. The topological polar surface area (TPSA) is 59.9 Å². The lowest BCUT2D eigenvalue weighted by Crippen LogP contribution is -2.47. The highest BCUT2D eigenvalue weighted by atomic mass is 127. The van der Waals surface area contributed by atoms with Crippen molar-refractivity contribution in [1.82, 2.24) is 15.5 Å². The standard InChI is InChI=1S/C17H34N4O.HI/c1-5-18-16(19-12-17(22)8-6-7-9-17)20-15-11-21(13(2)3)10-14(15)4;/h13-15,22H,5-12H2,1-4H3,(H2,18,19,20);1H. The minimum absolute atomic E-state index is 0. The third-order valence-electron chi connectivity index (χ3n) is 5.10. The highest BCUT2D eigenvalue weighted by molar-refractivity contribution is 14.0. The zero-order chi connectivity index (χ0) is 16.2. The minimum atomic E-state index is -0.576. The minimum Gasteiger partial charge on any atom is -0.388 e. The van der Waals surface area contributed by atoms with Crippen LogP contribution in [0.4, 0.5) is 0 Å². The van der Waals surface area contributed by atoms with E-state index < -0.39 is 5.60 Å². The molecule has 0 radical (unpaired) electrons. The third-order valence-corrected chi connectivity index (χ3v) is 5.10. The average molecular weight is 438 g/mol. The van der Waals surface area contributed by atoms with Gasteiger partial charge in [-0.3, -0.25) is 9.89 Å². The normalized spacial score (nSPS) is 28.0. The molecule has 6 heteroatoms. The smallest absolute Gasteiger partial charge is 0.191 e. The molecule has 2 rings (SSSR count). The molecule has 2 aliphatic rings. The van der Waals surface area contributed by atoms with E-state index in [1.807, 2.05) is 0 Å². The maximum Gasteiger partial charge on any atom is 0.191 e. The van der Waals surface area contributed by atoms with E-state index >= 15 is 0 Å². The van der Waals surface area contributed by atoms with E-state index in [4.69, 9.17) is 0 Å². The first-order valence-corrected chi connectivity index (χ1v) is 8.95. The summed E-state index contributed by atoms with van der Waals surface area (Å²) in [7, 11) is 0. The zero-order valence-corrected chi connectivity index (χ0v) is 17.5. The Bertz CT molecular complexity index is 383. The van der Waals surface area contributed by atoms with Gasteiger partial charge in [0.25, 0.3) is 0 Å². The number of aliphatic imine (C=N–C) groups is 1. The van der Waals surface area contributed by atoms with Crippen molar-refractivity contribution in [3.8, 4) is 0 Å². The van der Waals surface area contributed by atoms with Crippen LogP contribution in [0, 0.1) is 5.92 Å². The van der Waals surface area contributed by atoms with E-state index in [1.54, 1.807) is 0 Å².